The number of aryl methyl sites for hydroxylation is 1. The zero-order valence-electron chi connectivity index (χ0n) is 13.1. The first-order valence-corrected chi connectivity index (χ1v) is 6.91. The van der Waals surface area contributed by atoms with Gasteiger partial charge in [0.2, 0.25) is 0 Å². The number of benzene rings is 1. The van der Waals surface area contributed by atoms with Gasteiger partial charge in [-0.05, 0) is 36.8 Å². The molecule has 1 heterocycles. The molecule has 0 bridgehead atoms. The molecule has 7 nitrogen and oxygen atoms in total. The number of nitro groups is 1. The van der Waals surface area contributed by atoms with E-state index in [2.05, 4.69) is 9.72 Å². The van der Waals surface area contributed by atoms with Gasteiger partial charge >= 0.3 is 5.97 Å². The lowest BCUT2D eigenvalue weighted by atomic mass is 10.1. The second-order valence-electron chi connectivity index (χ2n) is 5.12. The van der Waals surface area contributed by atoms with Crippen molar-refractivity contribution in [3.63, 3.8) is 0 Å². The summed E-state index contributed by atoms with van der Waals surface area (Å²) in [6.45, 7) is 2.19. The maximum Gasteiger partial charge on any atom is 0.344 e. The second-order valence-corrected chi connectivity index (χ2v) is 5.12. The Balaban J connectivity index is 2.41. The van der Waals surface area contributed by atoms with Crippen LogP contribution >= 0.6 is 0 Å². The number of carbonyl (C=O) groups excluding carboxylic acids is 1. The van der Waals surface area contributed by atoms with Crippen LogP contribution < -0.4 is 4.90 Å². The summed E-state index contributed by atoms with van der Waals surface area (Å²) in [6.07, 6.45) is 3.40. The Morgan fingerprint density at radius 2 is 2.00 bits per heavy atom. The average Bonchev–Trinajstić information content (AvgIpc) is 2.53. The summed E-state index contributed by atoms with van der Waals surface area (Å²) in [5, 5.41) is 11.2. The molecule has 0 spiro atoms. The molecule has 120 valence electrons. The van der Waals surface area contributed by atoms with Gasteiger partial charge < -0.3 is 9.64 Å². The van der Waals surface area contributed by atoms with Gasteiger partial charge in [-0.15, -0.1) is 0 Å². The lowest BCUT2D eigenvalue weighted by Gasteiger charge is -2.20. The maximum absolute atomic E-state index is 11.9. The van der Waals surface area contributed by atoms with Crippen LogP contribution in [0.4, 0.5) is 11.4 Å². The molecule has 1 aromatic heterocycles. The molecule has 0 aliphatic carbocycles. The van der Waals surface area contributed by atoms with E-state index in [1.165, 1.54) is 13.2 Å². The summed E-state index contributed by atoms with van der Waals surface area (Å²) in [6, 6.07) is 6.94. The van der Waals surface area contributed by atoms with Crippen molar-refractivity contribution in [3.8, 4) is 0 Å². The van der Waals surface area contributed by atoms with Gasteiger partial charge in [0.1, 0.15) is 5.56 Å². The molecule has 0 aliphatic rings. The minimum atomic E-state index is -0.723. The third-order valence-corrected chi connectivity index (χ3v) is 3.48. The third kappa shape index (κ3) is 3.63. The van der Waals surface area contributed by atoms with E-state index >= 15 is 0 Å². The number of hydrogen-bond acceptors (Lipinski definition) is 6. The fraction of sp³-hybridized carbons (Fsp3) is 0.250. The molecule has 0 unspecified atom stereocenters. The maximum atomic E-state index is 11.9. The first-order chi connectivity index (χ1) is 10.9. The fourth-order valence-corrected chi connectivity index (χ4v) is 2.34. The molecule has 0 N–H and O–H groups in total. The highest BCUT2D eigenvalue weighted by Crippen LogP contribution is 2.30. The van der Waals surface area contributed by atoms with E-state index in [0.29, 0.717) is 17.8 Å². The van der Waals surface area contributed by atoms with Crippen LogP contribution in [0.15, 0.2) is 36.7 Å². The lowest BCUT2D eigenvalue weighted by Crippen LogP contribution is -2.18. The zero-order chi connectivity index (χ0) is 17.0. The molecule has 2 rings (SSSR count). The largest absolute Gasteiger partial charge is 0.465 e. The van der Waals surface area contributed by atoms with Crippen molar-refractivity contribution < 1.29 is 14.5 Å². The number of pyridine rings is 1. The number of nitro benzene ring substituents is 1. The molecule has 0 saturated carbocycles. The van der Waals surface area contributed by atoms with Gasteiger partial charge in [0.15, 0.2) is 0 Å². The Morgan fingerprint density at radius 1 is 1.35 bits per heavy atom. The minimum absolute atomic E-state index is 0.0471. The predicted molar refractivity (Wildman–Crippen MR) is 85.5 cm³/mol. The van der Waals surface area contributed by atoms with Crippen molar-refractivity contribution in [2.75, 3.05) is 19.1 Å². The van der Waals surface area contributed by atoms with Gasteiger partial charge in [-0.3, -0.25) is 15.1 Å². The van der Waals surface area contributed by atoms with E-state index in [9.17, 15) is 14.9 Å². The standard InChI is InChI=1S/C16H17N3O4/c1-11-8-13(18(2)10-12-4-6-17-7-5-12)9-14(16(20)23-3)15(11)19(21)22/h4-9H,10H2,1-3H3. The van der Waals surface area contributed by atoms with Crippen LogP contribution in [0.2, 0.25) is 0 Å². The summed E-state index contributed by atoms with van der Waals surface area (Å²) in [5.41, 5.74) is 1.88. The molecule has 0 aliphatic heterocycles. The van der Waals surface area contributed by atoms with Gasteiger partial charge in [0.25, 0.3) is 5.69 Å². The lowest BCUT2D eigenvalue weighted by molar-refractivity contribution is -0.385. The summed E-state index contributed by atoms with van der Waals surface area (Å²) in [7, 11) is 3.05. The fourth-order valence-electron chi connectivity index (χ4n) is 2.34. The van der Waals surface area contributed by atoms with Gasteiger partial charge in [-0.1, -0.05) is 0 Å². The highest BCUT2D eigenvalue weighted by molar-refractivity contribution is 5.95. The Bertz CT molecular complexity index is 732. The molecular weight excluding hydrogens is 298 g/mol. The van der Waals surface area contributed by atoms with Crippen molar-refractivity contribution >= 4 is 17.3 Å². The normalized spacial score (nSPS) is 10.2. The quantitative estimate of drug-likeness (QED) is 0.479. The topological polar surface area (TPSA) is 85.6 Å². The van der Waals surface area contributed by atoms with E-state index in [0.717, 1.165) is 5.56 Å². The van der Waals surface area contributed by atoms with Crippen LogP contribution in [-0.2, 0) is 11.3 Å². The molecule has 23 heavy (non-hydrogen) atoms. The van der Waals surface area contributed by atoms with Crippen LogP contribution in [0.25, 0.3) is 0 Å². The number of nitrogens with zero attached hydrogens (tertiary/aromatic N) is 3. The number of anilines is 1. The number of rotatable bonds is 5. The van der Waals surface area contributed by atoms with Crippen LogP contribution in [-0.4, -0.2) is 30.0 Å². The highest BCUT2D eigenvalue weighted by atomic mass is 16.6. The van der Waals surface area contributed by atoms with E-state index in [-0.39, 0.29) is 11.3 Å². The Labute approximate surface area is 133 Å². The zero-order valence-corrected chi connectivity index (χ0v) is 13.1. The summed E-state index contributed by atoms with van der Waals surface area (Å²) < 4.78 is 4.66. The summed E-state index contributed by atoms with van der Waals surface area (Å²) in [5.74, 6) is -0.723. The number of ether oxygens (including phenoxy) is 1. The van der Waals surface area contributed by atoms with Gasteiger partial charge in [-0.25, -0.2) is 4.79 Å². The summed E-state index contributed by atoms with van der Waals surface area (Å²) in [4.78, 5) is 28.4. The van der Waals surface area contributed by atoms with Crippen molar-refractivity contribution in [2.24, 2.45) is 0 Å². The van der Waals surface area contributed by atoms with Crippen LogP contribution in [0.3, 0.4) is 0 Å². The monoisotopic (exact) mass is 315 g/mol. The van der Waals surface area contributed by atoms with Crippen LogP contribution in [0.5, 0.6) is 0 Å². The van der Waals surface area contributed by atoms with Gasteiger partial charge in [0, 0.05) is 37.2 Å². The predicted octanol–water partition coefficient (Wildman–Crippen LogP) is 2.72. The third-order valence-electron chi connectivity index (χ3n) is 3.48. The molecule has 1 aromatic carbocycles. The van der Waals surface area contributed by atoms with Gasteiger partial charge in [0.05, 0.1) is 12.0 Å². The molecule has 0 fully saturated rings. The molecule has 0 atom stereocenters. The average molecular weight is 315 g/mol. The van der Waals surface area contributed by atoms with Crippen molar-refractivity contribution in [3.05, 3.63) is 63.5 Å². The summed E-state index contributed by atoms with van der Waals surface area (Å²) >= 11 is 0. The van der Waals surface area contributed by atoms with E-state index in [1.807, 2.05) is 24.1 Å². The molecule has 0 saturated heterocycles. The van der Waals surface area contributed by atoms with Crippen molar-refractivity contribution in [1.82, 2.24) is 4.98 Å². The SMILES string of the molecule is COC(=O)c1cc(N(C)Cc2ccncc2)cc(C)c1[N+](=O)[O-]. The number of aromatic nitrogens is 1. The van der Waals surface area contributed by atoms with E-state index in [1.54, 1.807) is 25.4 Å². The number of methoxy groups -OCH3 is 1. The second kappa shape index (κ2) is 6.87. The van der Waals surface area contributed by atoms with Gasteiger partial charge in [-0.2, -0.15) is 0 Å². The molecule has 0 radical (unpaired) electrons. The van der Waals surface area contributed by atoms with Crippen molar-refractivity contribution in [2.45, 2.75) is 13.5 Å². The van der Waals surface area contributed by atoms with Crippen LogP contribution in [0, 0.1) is 17.0 Å². The number of carbonyl (C=O) groups is 1. The highest BCUT2D eigenvalue weighted by Gasteiger charge is 2.25. The first kappa shape index (κ1) is 16.4. The van der Waals surface area contributed by atoms with Crippen LogP contribution in [0.1, 0.15) is 21.5 Å². The first-order valence-electron chi connectivity index (χ1n) is 6.91. The number of esters is 1. The molecule has 0 amide bonds. The Kier molecular flexibility index (Phi) is 4.90. The molecule has 2 aromatic rings. The van der Waals surface area contributed by atoms with Crippen molar-refractivity contribution in [1.29, 1.82) is 0 Å². The minimum Gasteiger partial charge on any atom is -0.465 e. The molecule has 7 heteroatoms. The number of hydrogen-bond donors (Lipinski definition) is 0. The Morgan fingerprint density at radius 3 is 2.57 bits per heavy atom. The molecular formula is C16H17N3O4. The Hall–Kier alpha value is -2.96. The van der Waals surface area contributed by atoms with E-state index < -0.39 is 10.9 Å². The smallest absolute Gasteiger partial charge is 0.344 e. The van der Waals surface area contributed by atoms with E-state index in [4.69, 9.17) is 0 Å².